The van der Waals surface area contributed by atoms with Crippen molar-refractivity contribution in [1.29, 1.82) is 0 Å². The molecule has 0 fully saturated rings. The van der Waals surface area contributed by atoms with Crippen molar-refractivity contribution in [1.82, 2.24) is 19.3 Å². The Kier molecular flexibility index (Phi) is 4.69. The SMILES string of the molecule is Cc1nc(-c2ccc3c(c2)n(CC(=O)Nc2ccc4c(c2)OCO4)c(=O)n3C(C)C)no1. The highest BCUT2D eigenvalue weighted by atomic mass is 16.7. The standard InChI is InChI=1S/C22H21N5O5/c1-12(2)27-16-6-4-14(21-23-13(3)32-25-21)8-17(16)26(22(27)29)10-20(28)24-15-5-7-18-19(9-15)31-11-30-18/h4-9,12H,10-11H2,1-3H3,(H,24,28). The molecule has 0 unspecified atom stereocenters. The van der Waals surface area contributed by atoms with Crippen molar-refractivity contribution in [3.05, 3.63) is 52.8 Å². The number of anilines is 1. The summed E-state index contributed by atoms with van der Waals surface area (Å²) in [4.78, 5) is 30.3. The molecule has 3 heterocycles. The molecule has 2 aromatic carbocycles. The highest BCUT2D eigenvalue weighted by Crippen LogP contribution is 2.34. The van der Waals surface area contributed by atoms with Crippen LogP contribution in [0.25, 0.3) is 22.4 Å². The molecule has 32 heavy (non-hydrogen) atoms. The fourth-order valence-electron chi connectivity index (χ4n) is 3.81. The molecule has 0 aliphatic carbocycles. The third-order valence-electron chi connectivity index (χ3n) is 5.22. The lowest BCUT2D eigenvalue weighted by Crippen LogP contribution is -2.30. The molecule has 1 amide bonds. The van der Waals surface area contributed by atoms with Crippen LogP contribution in [-0.2, 0) is 11.3 Å². The number of aryl methyl sites for hydroxylation is 1. The van der Waals surface area contributed by atoms with Crippen molar-refractivity contribution in [2.24, 2.45) is 0 Å². The van der Waals surface area contributed by atoms with Crippen molar-refractivity contribution in [2.45, 2.75) is 33.4 Å². The number of amides is 1. The molecule has 0 radical (unpaired) electrons. The van der Waals surface area contributed by atoms with Gasteiger partial charge in [-0.05, 0) is 44.2 Å². The van der Waals surface area contributed by atoms with Crippen molar-refractivity contribution >= 4 is 22.6 Å². The summed E-state index contributed by atoms with van der Waals surface area (Å²) in [6.07, 6.45) is 0. The molecule has 1 N–H and O–H groups in total. The molecule has 0 atom stereocenters. The molecule has 0 saturated carbocycles. The summed E-state index contributed by atoms with van der Waals surface area (Å²) in [5.41, 5.74) is 2.33. The fourth-order valence-corrected chi connectivity index (χ4v) is 3.81. The van der Waals surface area contributed by atoms with Gasteiger partial charge in [-0.2, -0.15) is 4.98 Å². The van der Waals surface area contributed by atoms with Crippen LogP contribution in [-0.4, -0.2) is 32.0 Å². The maximum Gasteiger partial charge on any atom is 0.329 e. The number of ether oxygens (including phenoxy) is 2. The minimum Gasteiger partial charge on any atom is -0.454 e. The van der Waals surface area contributed by atoms with Crippen LogP contribution < -0.4 is 20.5 Å². The van der Waals surface area contributed by atoms with Gasteiger partial charge in [-0.1, -0.05) is 5.16 Å². The molecule has 5 rings (SSSR count). The topological polar surface area (TPSA) is 113 Å². The molecule has 1 aliphatic heterocycles. The molecule has 1 aliphatic rings. The van der Waals surface area contributed by atoms with Gasteiger partial charge >= 0.3 is 5.69 Å². The number of aromatic nitrogens is 4. The average Bonchev–Trinajstić information content (AvgIpc) is 3.46. The van der Waals surface area contributed by atoms with Crippen LogP contribution >= 0.6 is 0 Å². The number of nitrogens with zero attached hydrogens (tertiary/aromatic N) is 4. The van der Waals surface area contributed by atoms with Gasteiger partial charge in [0.15, 0.2) is 11.5 Å². The van der Waals surface area contributed by atoms with Gasteiger partial charge in [0.1, 0.15) is 6.54 Å². The summed E-state index contributed by atoms with van der Waals surface area (Å²) in [6, 6.07) is 10.5. The second kappa shape index (κ2) is 7.56. The first kappa shape index (κ1) is 19.9. The lowest BCUT2D eigenvalue weighted by molar-refractivity contribution is -0.116. The predicted molar refractivity (Wildman–Crippen MR) is 116 cm³/mol. The van der Waals surface area contributed by atoms with E-state index in [2.05, 4.69) is 15.5 Å². The Labute approximate surface area is 182 Å². The first-order chi connectivity index (χ1) is 15.4. The maximum atomic E-state index is 13.2. The number of imidazole rings is 1. The first-order valence-electron chi connectivity index (χ1n) is 10.2. The largest absolute Gasteiger partial charge is 0.454 e. The van der Waals surface area contributed by atoms with Gasteiger partial charge in [0.25, 0.3) is 0 Å². The van der Waals surface area contributed by atoms with Gasteiger partial charge in [0.05, 0.1) is 11.0 Å². The molecule has 164 valence electrons. The lowest BCUT2D eigenvalue weighted by atomic mass is 10.2. The van der Waals surface area contributed by atoms with E-state index in [1.54, 1.807) is 35.8 Å². The number of hydrogen-bond acceptors (Lipinski definition) is 7. The average molecular weight is 435 g/mol. The van der Waals surface area contributed by atoms with Crippen molar-refractivity contribution in [2.75, 3.05) is 12.1 Å². The van der Waals surface area contributed by atoms with E-state index in [0.29, 0.717) is 40.0 Å². The smallest absolute Gasteiger partial charge is 0.329 e. The van der Waals surface area contributed by atoms with Crippen LogP contribution in [0.3, 0.4) is 0 Å². The molecular weight excluding hydrogens is 414 g/mol. The molecule has 2 aromatic heterocycles. The summed E-state index contributed by atoms with van der Waals surface area (Å²) >= 11 is 0. The number of carbonyl (C=O) groups is 1. The van der Waals surface area contributed by atoms with E-state index in [4.69, 9.17) is 14.0 Å². The Hall–Kier alpha value is -4.08. The van der Waals surface area contributed by atoms with Crippen molar-refractivity contribution in [3.8, 4) is 22.9 Å². The Morgan fingerprint density at radius 2 is 1.94 bits per heavy atom. The number of nitrogens with one attached hydrogen (secondary N) is 1. The van der Waals surface area contributed by atoms with E-state index in [9.17, 15) is 9.59 Å². The monoisotopic (exact) mass is 435 g/mol. The maximum absolute atomic E-state index is 13.2. The quantitative estimate of drug-likeness (QED) is 0.512. The Bertz CT molecular complexity index is 1400. The van der Waals surface area contributed by atoms with E-state index >= 15 is 0 Å². The number of rotatable bonds is 5. The summed E-state index contributed by atoms with van der Waals surface area (Å²) in [5, 5.41) is 6.77. The molecule has 4 aromatic rings. The number of benzene rings is 2. The number of hydrogen-bond donors (Lipinski definition) is 1. The van der Waals surface area contributed by atoms with Gasteiger partial charge in [0, 0.05) is 30.3 Å². The summed E-state index contributed by atoms with van der Waals surface area (Å²) in [6.45, 7) is 5.56. The Balaban J connectivity index is 1.51. The Morgan fingerprint density at radius 1 is 1.12 bits per heavy atom. The second-order valence-corrected chi connectivity index (χ2v) is 7.79. The van der Waals surface area contributed by atoms with Crippen molar-refractivity contribution < 1.29 is 18.8 Å². The van der Waals surface area contributed by atoms with Gasteiger partial charge in [-0.25, -0.2) is 4.79 Å². The van der Waals surface area contributed by atoms with E-state index in [-0.39, 0.29) is 31.0 Å². The van der Waals surface area contributed by atoms with E-state index in [1.807, 2.05) is 26.0 Å². The molecule has 0 saturated heterocycles. The van der Waals surface area contributed by atoms with Crippen LogP contribution in [0, 0.1) is 6.92 Å². The summed E-state index contributed by atoms with van der Waals surface area (Å²) in [7, 11) is 0. The minimum atomic E-state index is -0.338. The van der Waals surface area contributed by atoms with Gasteiger partial charge in [0.2, 0.25) is 24.4 Å². The van der Waals surface area contributed by atoms with Crippen LogP contribution in [0.5, 0.6) is 11.5 Å². The van der Waals surface area contributed by atoms with E-state index in [1.165, 1.54) is 4.57 Å². The number of fused-ring (bicyclic) bond motifs is 2. The van der Waals surface area contributed by atoms with E-state index < -0.39 is 0 Å². The fraction of sp³-hybridized carbons (Fsp3) is 0.273. The van der Waals surface area contributed by atoms with Crippen LogP contribution in [0.1, 0.15) is 25.8 Å². The second-order valence-electron chi connectivity index (χ2n) is 7.79. The molecule has 0 spiro atoms. The van der Waals surface area contributed by atoms with Crippen LogP contribution in [0.15, 0.2) is 45.7 Å². The van der Waals surface area contributed by atoms with Crippen LogP contribution in [0.4, 0.5) is 5.69 Å². The lowest BCUT2D eigenvalue weighted by Gasteiger charge is -2.07. The van der Waals surface area contributed by atoms with Crippen LogP contribution in [0.2, 0.25) is 0 Å². The Morgan fingerprint density at radius 3 is 2.69 bits per heavy atom. The zero-order valence-corrected chi connectivity index (χ0v) is 17.8. The number of carbonyl (C=O) groups excluding carboxylic acids is 1. The normalized spacial score (nSPS) is 12.6. The third-order valence-corrected chi connectivity index (χ3v) is 5.22. The molecule has 10 nitrogen and oxygen atoms in total. The van der Waals surface area contributed by atoms with Gasteiger partial charge in [-0.3, -0.25) is 13.9 Å². The van der Waals surface area contributed by atoms with Gasteiger partial charge in [-0.15, -0.1) is 0 Å². The summed E-state index contributed by atoms with van der Waals surface area (Å²) < 4.78 is 18.8. The molecular formula is C22H21N5O5. The first-order valence-corrected chi connectivity index (χ1v) is 10.2. The van der Waals surface area contributed by atoms with Gasteiger partial charge < -0.3 is 19.3 Å². The minimum absolute atomic E-state index is 0.0820. The highest BCUT2D eigenvalue weighted by molar-refractivity contribution is 5.92. The zero-order valence-electron chi connectivity index (χ0n) is 17.8. The third kappa shape index (κ3) is 3.39. The summed E-state index contributed by atoms with van der Waals surface area (Å²) in [5.74, 6) is 1.72. The molecule has 10 heteroatoms. The predicted octanol–water partition coefficient (Wildman–Crippen LogP) is 3.11. The van der Waals surface area contributed by atoms with E-state index in [0.717, 1.165) is 5.52 Å². The van der Waals surface area contributed by atoms with Crippen molar-refractivity contribution in [3.63, 3.8) is 0 Å². The highest BCUT2D eigenvalue weighted by Gasteiger charge is 2.20. The zero-order chi connectivity index (χ0) is 22.4. The molecule has 0 bridgehead atoms.